The number of ketones is 1. The van der Waals surface area contributed by atoms with Crippen molar-refractivity contribution in [3.63, 3.8) is 0 Å². The van der Waals surface area contributed by atoms with Gasteiger partial charge < -0.3 is 5.32 Å². The van der Waals surface area contributed by atoms with E-state index in [1.807, 2.05) is 6.07 Å². The molecule has 1 aromatic carbocycles. The van der Waals surface area contributed by atoms with Crippen LogP contribution in [0.5, 0.6) is 0 Å². The number of nitrogens with one attached hydrogen (secondary N) is 1. The second-order valence-electron chi connectivity index (χ2n) is 2.85. The molecule has 1 amide bonds. The number of carbonyl (C=O) groups excluding carboxylic acids is 2. The van der Waals surface area contributed by atoms with E-state index in [0.717, 1.165) is 0 Å². The monoisotopic (exact) mass is 189 g/mol. The van der Waals surface area contributed by atoms with Crippen molar-refractivity contribution in [2.75, 3.05) is 5.32 Å². The lowest BCUT2D eigenvalue weighted by molar-refractivity contribution is -0.118. The number of rotatable bonds is 3. The average molecular weight is 189 g/mol. The average Bonchev–Trinajstić information content (AvgIpc) is 2.18. The number of carbonyl (C=O) groups is 2. The Balaban J connectivity index is 2.67. The minimum Gasteiger partial charge on any atom is -0.322 e. The molecule has 0 aliphatic carbocycles. The maximum absolute atomic E-state index is 11.3. The molecule has 0 aliphatic rings. The first-order valence-electron chi connectivity index (χ1n) is 4.17. The van der Waals surface area contributed by atoms with E-state index in [4.69, 9.17) is 0 Å². The van der Waals surface area contributed by atoms with Gasteiger partial charge in [0, 0.05) is 5.69 Å². The van der Waals surface area contributed by atoms with Crippen molar-refractivity contribution in [3.8, 4) is 0 Å². The highest BCUT2D eigenvalue weighted by Crippen LogP contribution is 2.06. The molecular weight excluding hydrogens is 178 g/mol. The van der Waals surface area contributed by atoms with Crippen molar-refractivity contribution in [3.05, 3.63) is 42.5 Å². The van der Waals surface area contributed by atoms with Crippen LogP contribution in [0.2, 0.25) is 0 Å². The molecule has 14 heavy (non-hydrogen) atoms. The predicted octanol–water partition coefficient (Wildman–Crippen LogP) is 1.77. The number of amides is 1. The molecule has 0 aromatic heterocycles. The van der Waals surface area contributed by atoms with Crippen molar-refractivity contribution >= 4 is 17.4 Å². The Labute approximate surface area is 82.4 Å². The van der Waals surface area contributed by atoms with Crippen molar-refractivity contribution in [2.45, 2.75) is 6.92 Å². The summed E-state index contributed by atoms with van der Waals surface area (Å²) in [7, 11) is 0. The zero-order valence-corrected chi connectivity index (χ0v) is 7.91. The lowest BCUT2D eigenvalue weighted by Gasteiger charge is -2.04. The molecule has 0 radical (unpaired) electrons. The molecule has 0 spiro atoms. The minimum absolute atomic E-state index is 0.0335. The quantitative estimate of drug-likeness (QED) is 0.447. The van der Waals surface area contributed by atoms with Crippen LogP contribution in [0.3, 0.4) is 0 Å². The fourth-order valence-electron chi connectivity index (χ4n) is 0.888. The van der Waals surface area contributed by atoms with Gasteiger partial charge in [-0.05, 0) is 19.1 Å². The minimum atomic E-state index is -0.455. The molecule has 0 bridgehead atoms. The van der Waals surface area contributed by atoms with Crippen LogP contribution >= 0.6 is 0 Å². The molecule has 0 saturated carbocycles. The third kappa shape index (κ3) is 2.55. The van der Waals surface area contributed by atoms with Gasteiger partial charge in [-0.15, -0.1) is 0 Å². The van der Waals surface area contributed by atoms with E-state index >= 15 is 0 Å². The molecule has 0 heterocycles. The summed E-state index contributed by atoms with van der Waals surface area (Å²) in [4.78, 5) is 22.1. The lowest BCUT2D eigenvalue weighted by Crippen LogP contribution is -2.17. The van der Waals surface area contributed by atoms with Crippen LogP contribution in [0.1, 0.15) is 6.92 Å². The van der Waals surface area contributed by atoms with E-state index in [9.17, 15) is 9.59 Å². The summed E-state index contributed by atoms with van der Waals surface area (Å²) in [5, 5.41) is 2.56. The molecule has 1 aromatic rings. The fraction of sp³-hybridized carbons (Fsp3) is 0.0909. The van der Waals surface area contributed by atoms with Crippen LogP contribution < -0.4 is 5.32 Å². The van der Waals surface area contributed by atoms with Gasteiger partial charge in [-0.2, -0.15) is 0 Å². The van der Waals surface area contributed by atoms with E-state index in [2.05, 4.69) is 11.9 Å². The summed E-state index contributed by atoms with van der Waals surface area (Å²) in [6.45, 7) is 4.70. The van der Waals surface area contributed by atoms with Crippen molar-refractivity contribution in [2.24, 2.45) is 0 Å². The molecule has 0 atom stereocenters. The Kier molecular flexibility index (Phi) is 3.18. The maximum Gasteiger partial charge on any atom is 0.258 e. The second-order valence-corrected chi connectivity index (χ2v) is 2.85. The number of Topliss-reactive ketones (excluding diaryl/α,β-unsaturated/α-hetero) is 1. The highest BCUT2D eigenvalue weighted by molar-refractivity contribution is 6.22. The number of anilines is 1. The molecule has 72 valence electrons. The summed E-state index contributed by atoms with van der Waals surface area (Å²) in [6.07, 6.45) is 0. The van der Waals surface area contributed by atoms with E-state index in [0.29, 0.717) is 5.69 Å². The molecule has 0 saturated heterocycles. The Morgan fingerprint density at radius 2 is 1.79 bits per heavy atom. The summed E-state index contributed by atoms with van der Waals surface area (Å²) in [5.74, 6) is -0.776. The Hall–Kier alpha value is -1.90. The van der Waals surface area contributed by atoms with E-state index in [-0.39, 0.29) is 11.4 Å². The van der Waals surface area contributed by atoms with Gasteiger partial charge in [0.1, 0.15) is 0 Å². The third-order valence-electron chi connectivity index (χ3n) is 1.73. The van der Waals surface area contributed by atoms with Gasteiger partial charge in [0.25, 0.3) is 5.91 Å². The van der Waals surface area contributed by atoms with E-state index in [1.165, 1.54) is 6.92 Å². The highest BCUT2D eigenvalue weighted by Gasteiger charge is 2.10. The third-order valence-corrected chi connectivity index (χ3v) is 1.73. The molecule has 3 nitrogen and oxygen atoms in total. The number of para-hydroxylation sites is 1. The van der Waals surface area contributed by atoms with Gasteiger partial charge in [-0.25, -0.2) is 0 Å². The van der Waals surface area contributed by atoms with Crippen LogP contribution in [-0.4, -0.2) is 11.7 Å². The van der Waals surface area contributed by atoms with Gasteiger partial charge in [-0.1, -0.05) is 24.8 Å². The zero-order chi connectivity index (χ0) is 10.6. The molecule has 3 heteroatoms. The molecule has 1 rings (SSSR count). The largest absolute Gasteiger partial charge is 0.322 e. The van der Waals surface area contributed by atoms with Gasteiger partial charge >= 0.3 is 0 Å². The topological polar surface area (TPSA) is 46.2 Å². The molecule has 1 N–H and O–H groups in total. The molecular formula is C11H11NO2. The van der Waals surface area contributed by atoms with Gasteiger partial charge in [0.05, 0.1) is 5.57 Å². The van der Waals surface area contributed by atoms with Gasteiger partial charge in [-0.3, -0.25) is 9.59 Å². The molecule has 0 unspecified atom stereocenters. The smallest absolute Gasteiger partial charge is 0.258 e. The summed E-state index contributed by atoms with van der Waals surface area (Å²) in [6, 6.07) is 8.92. The zero-order valence-electron chi connectivity index (χ0n) is 7.91. The van der Waals surface area contributed by atoms with Crippen LogP contribution in [0, 0.1) is 0 Å². The Morgan fingerprint density at radius 3 is 2.29 bits per heavy atom. The first kappa shape index (κ1) is 10.2. The van der Waals surface area contributed by atoms with Crippen molar-refractivity contribution in [1.29, 1.82) is 0 Å². The molecule has 0 aliphatic heterocycles. The summed E-state index contributed by atoms with van der Waals surface area (Å²) < 4.78 is 0. The standard InChI is InChI=1S/C11H11NO2/c1-8(9(2)13)11(14)12-10-6-4-3-5-7-10/h3-7H,1H2,2H3,(H,12,14). The van der Waals surface area contributed by atoms with Crippen LogP contribution in [-0.2, 0) is 9.59 Å². The normalized spacial score (nSPS) is 9.21. The predicted molar refractivity (Wildman–Crippen MR) is 54.9 cm³/mol. The Morgan fingerprint density at radius 1 is 1.21 bits per heavy atom. The maximum atomic E-state index is 11.3. The molecule has 0 fully saturated rings. The lowest BCUT2D eigenvalue weighted by atomic mass is 10.2. The van der Waals surface area contributed by atoms with Crippen LogP contribution in [0.4, 0.5) is 5.69 Å². The van der Waals surface area contributed by atoms with Gasteiger partial charge in [0.2, 0.25) is 0 Å². The summed E-state index contributed by atoms with van der Waals surface area (Å²) in [5.41, 5.74) is 0.619. The van der Waals surface area contributed by atoms with E-state index < -0.39 is 5.91 Å². The summed E-state index contributed by atoms with van der Waals surface area (Å²) >= 11 is 0. The number of benzene rings is 1. The highest BCUT2D eigenvalue weighted by atomic mass is 16.2. The SMILES string of the molecule is C=C(C(C)=O)C(=O)Nc1ccccc1. The van der Waals surface area contributed by atoms with Crippen molar-refractivity contribution in [1.82, 2.24) is 0 Å². The first-order chi connectivity index (χ1) is 6.61. The first-order valence-corrected chi connectivity index (χ1v) is 4.17. The van der Waals surface area contributed by atoms with Crippen LogP contribution in [0.15, 0.2) is 42.5 Å². The fourth-order valence-corrected chi connectivity index (χ4v) is 0.888. The van der Waals surface area contributed by atoms with Crippen LogP contribution in [0.25, 0.3) is 0 Å². The Bertz CT molecular complexity index is 368. The second kappa shape index (κ2) is 4.37. The number of hydrogen-bond acceptors (Lipinski definition) is 2. The van der Waals surface area contributed by atoms with Crippen molar-refractivity contribution < 1.29 is 9.59 Å². The van der Waals surface area contributed by atoms with E-state index in [1.54, 1.807) is 24.3 Å². The van der Waals surface area contributed by atoms with Gasteiger partial charge in [0.15, 0.2) is 5.78 Å². The number of hydrogen-bond donors (Lipinski definition) is 1.